The van der Waals surface area contributed by atoms with Gasteiger partial charge in [0.05, 0.1) is 16.7 Å². The van der Waals surface area contributed by atoms with Crippen molar-refractivity contribution >= 4 is 23.9 Å². The molecule has 1 heterocycles. The van der Waals surface area contributed by atoms with Gasteiger partial charge >= 0.3 is 23.9 Å². The molecule has 0 radical (unpaired) electrons. The van der Waals surface area contributed by atoms with Crippen LogP contribution in [0.25, 0.3) is 10.4 Å². The molecule has 0 unspecified atom stereocenters. The van der Waals surface area contributed by atoms with Gasteiger partial charge in [-0.15, -0.1) is 0 Å². The van der Waals surface area contributed by atoms with Crippen LogP contribution in [-0.4, -0.2) is 61.1 Å². The van der Waals surface area contributed by atoms with E-state index < -0.39 is 61.1 Å². The summed E-state index contributed by atoms with van der Waals surface area (Å²) in [6.07, 6.45) is -5.94. The topological polar surface area (TPSA) is 163 Å². The molecule has 4 rings (SSSR count). The fourth-order valence-electron chi connectivity index (χ4n) is 4.09. The first-order chi connectivity index (χ1) is 19.9. The van der Waals surface area contributed by atoms with Crippen molar-refractivity contribution in [1.82, 2.24) is 0 Å². The van der Waals surface area contributed by atoms with Crippen molar-refractivity contribution in [2.45, 2.75) is 37.6 Å². The van der Waals surface area contributed by atoms with E-state index in [0.29, 0.717) is 0 Å². The first kappa shape index (κ1) is 28.8. The van der Waals surface area contributed by atoms with Crippen LogP contribution >= 0.6 is 0 Å². The fourth-order valence-corrected chi connectivity index (χ4v) is 4.09. The van der Waals surface area contributed by atoms with Gasteiger partial charge < -0.3 is 23.7 Å². The Morgan fingerprint density at radius 2 is 1.20 bits per heavy atom. The lowest BCUT2D eigenvalue weighted by Crippen LogP contribution is -2.61. The number of rotatable bonds is 9. The third-order valence-corrected chi connectivity index (χ3v) is 5.98. The number of azide groups is 1. The maximum atomic E-state index is 13.1. The van der Waals surface area contributed by atoms with Gasteiger partial charge in [0.1, 0.15) is 18.8 Å². The summed E-state index contributed by atoms with van der Waals surface area (Å²) in [5.74, 6) is -3.18. The molecule has 1 saturated heterocycles. The number of hydrogen-bond donors (Lipinski definition) is 0. The monoisotopic (exact) mass is 559 g/mol. The van der Waals surface area contributed by atoms with Crippen LogP contribution in [0.3, 0.4) is 0 Å². The maximum absolute atomic E-state index is 13.1. The number of ether oxygens (including phenoxy) is 5. The van der Waals surface area contributed by atoms with Gasteiger partial charge in [-0.2, -0.15) is 0 Å². The average molecular weight is 560 g/mol. The van der Waals surface area contributed by atoms with E-state index in [1.54, 1.807) is 66.7 Å². The molecule has 1 fully saturated rings. The molecule has 210 valence electrons. The highest BCUT2D eigenvalue weighted by molar-refractivity contribution is 5.90. The minimum atomic E-state index is -1.61. The molecule has 0 amide bonds. The lowest BCUT2D eigenvalue weighted by atomic mass is 9.96. The molecule has 3 aromatic carbocycles. The summed E-state index contributed by atoms with van der Waals surface area (Å²) in [6, 6.07) is 22.6. The van der Waals surface area contributed by atoms with E-state index in [9.17, 15) is 24.7 Å². The third-order valence-electron chi connectivity index (χ3n) is 5.98. The summed E-state index contributed by atoms with van der Waals surface area (Å²) < 4.78 is 27.9. The van der Waals surface area contributed by atoms with Gasteiger partial charge in [-0.25, -0.2) is 14.4 Å². The van der Waals surface area contributed by atoms with Crippen molar-refractivity contribution in [1.29, 1.82) is 0 Å². The van der Waals surface area contributed by atoms with E-state index in [-0.39, 0.29) is 16.7 Å². The molecule has 0 bridgehead atoms. The normalized spacial score (nSPS) is 21.4. The van der Waals surface area contributed by atoms with Gasteiger partial charge in [0.15, 0.2) is 6.10 Å². The quantitative estimate of drug-likeness (QED) is 0.122. The van der Waals surface area contributed by atoms with Crippen molar-refractivity contribution in [2.75, 3.05) is 6.61 Å². The molecule has 41 heavy (non-hydrogen) atoms. The molecule has 1 aliphatic heterocycles. The van der Waals surface area contributed by atoms with Gasteiger partial charge in [-0.05, 0) is 41.9 Å². The van der Waals surface area contributed by atoms with Crippen LogP contribution in [0.15, 0.2) is 96.1 Å². The summed E-state index contributed by atoms with van der Waals surface area (Å²) in [6.45, 7) is 0.627. The Hall–Kier alpha value is -5.19. The highest BCUT2D eigenvalue weighted by atomic mass is 16.7. The Kier molecular flexibility index (Phi) is 9.66. The smallest absolute Gasteiger partial charge is 0.338 e. The summed E-state index contributed by atoms with van der Waals surface area (Å²) >= 11 is 0. The minimum absolute atomic E-state index is 0.154. The third kappa shape index (κ3) is 7.47. The van der Waals surface area contributed by atoms with Gasteiger partial charge in [-0.3, -0.25) is 4.79 Å². The Bertz CT molecular complexity index is 1410. The Morgan fingerprint density at radius 1 is 0.732 bits per heavy atom. The number of carbonyl (C=O) groups excluding carboxylic acids is 4. The molecule has 1 aliphatic rings. The molecular weight excluding hydrogens is 534 g/mol. The van der Waals surface area contributed by atoms with Crippen LogP contribution in [0.5, 0.6) is 0 Å². The van der Waals surface area contributed by atoms with E-state index >= 15 is 0 Å². The van der Waals surface area contributed by atoms with Crippen LogP contribution in [0, 0.1) is 0 Å². The second kappa shape index (κ2) is 13.7. The predicted octanol–water partition coefficient (Wildman–Crippen LogP) is 4.26. The number of esters is 4. The van der Waals surface area contributed by atoms with Crippen molar-refractivity contribution < 1.29 is 42.9 Å². The molecular formula is C29H25N3O9. The largest absolute Gasteiger partial charge is 0.459 e. The first-order valence-electron chi connectivity index (χ1n) is 12.5. The van der Waals surface area contributed by atoms with Crippen LogP contribution in [0.2, 0.25) is 0 Å². The maximum Gasteiger partial charge on any atom is 0.338 e. The summed E-state index contributed by atoms with van der Waals surface area (Å²) in [7, 11) is 0. The van der Waals surface area contributed by atoms with E-state index in [1.165, 1.54) is 24.3 Å². The van der Waals surface area contributed by atoms with Crippen LogP contribution < -0.4 is 0 Å². The molecule has 3 aromatic rings. The standard InChI is InChI=1S/C29H25N3O9/c1-18(33)38-29-25(41-28(36)21-15-9-4-10-16-21)24(40-27(35)20-13-7-3-8-14-20)23(31-32-30)22(39-29)17-37-26(34)19-11-5-2-6-12-19/h2-16,22-25,29H,17H2,1H3/t22-,23-,24+,25-,29+/m1/s1. The Morgan fingerprint density at radius 3 is 1.66 bits per heavy atom. The van der Waals surface area contributed by atoms with Crippen LogP contribution in [0.4, 0.5) is 0 Å². The van der Waals surface area contributed by atoms with Crippen LogP contribution in [0.1, 0.15) is 38.0 Å². The zero-order valence-corrected chi connectivity index (χ0v) is 21.8. The average Bonchev–Trinajstić information content (AvgIpc) is 2.99. The van der Waals surface area contributed by atoms with E-state index in [0.717, 1.165) is 6.92 Å². The van der Waals surface area contributed by atoms with Crippen LogP contribution in [-0.2, 0) is 28.5 Å². The highest BCUT2D eigenvalue weighted by Gasteiger charge is 2.52. The molecule has 5 atom stereocenters. The first-order valence-corrected chi connectivity index (χ1v) is 12.5. The molecule has 0 N–H and O–H groups in total. The van der Waals surface area contributed by atoms with Crippen molar-refractivity contribution in [3.63, 3.8) is 0 Å². The molecule has 0 spiro atoms. The van der Waals surface area contributed by atoms with E-state index in [2.05, 4.69) is 10.0 Å². The summed E-state index contributed by atoms with van der Waals surface area (Å²) in [4.78, 5) is 53.6. The number of carbonyl (C=O) groups is 4. The summed E-state index contributed by atoms with van der Waals surface area (Å²) in [5.41, 5.74) is 9.94. The Labute approximate surface area is 234 Å². The fraction of sp³-hybridized carbons (Fsp3) is 0.241. The second-order valence-electron chi connectivity index (χ2n) is 8.78. The van der Waals surface area contributed by atoms with Crippen molar-refractivity contribution in [2.24, 2.45) is 5.11 Å². The second-order valence-corrected chi connectivity index (χ2v) is 8.78. The van der Waals surface area contributed by atoms with E-state index in [4.69, 9.17) is 23.7 Å². The van der Waals surface area contributed by atoms with Gasteiger partial charge in [0.2, 0.25) is 12.4 Å². The van der Waals surface area contributed by atoms with Gasteiger partial charge in [-0.1, -0.05) is 59.7 Å². The predicted molar refractivity (Wildman–Crippen MR) is 141 cm³/mol. The number of benzene rings is 3. The van der Waals surface area contributed by atoms with Crippen molar-refractivity contribution in [3.8, 4) is 0 Å². The number of nitrogens with zero attached hydrogens (tertiary/aromatic N) is 3. The molecule has 0 saturated carbocycles. The Balaban J connectivity index is 1.68. The molecule has 0 aliphatic carbocycles. The molecule has 12 heteroatoms. The van der Waals surface area contributed by atoms with Gasteiger partial charge in [0.25, 0.3) is 0 Å². The summed E-state index contributed by atoms with van der Waals surface area (Å²) in [5, 5.41) is 3.74. The number of hydrogen-bond acceptors (Lipinski definition) is 10. The van der Waals surface area contributed by atoms with Crippen molar-refractivity contribution in [3.05, 3.63) is 118 Å². The highest BCUT2D eigenvalue weighted by Crippen LogP contribution is 2.31. The van der Waals surface area contributed by atoms with Gasteiger partial charge in [0, 0.05) is 11.8 Å². The SMILES string of the molecule is CC(=O)O[C@H]1O[C@H](COC(=O)c2ccccc2)[C@@H](N=[N+]=[N-])[C@H](OC(=O)c2ccccc2)[C@H]1OC(=O)c1ccccc1. The molecule has 12 nitrogen and oxygen atoms in total. The zero-order valence-electron chi connectivity index (χ0n) is 21.8. The lowest BCUT2D eigenvalue weighted by molar-refractivity contribution is -0.266. The zero-order chi connectivity index (χ0) is 29.2. The van der Waals surface area contributed by atoms with E-state index in [1.807, 2.05) is 0 Å². The lowest BCUT2D eigenvalue weighted by Gasteiger charge is -2.43. The molecule has 0 aromatic heterocycles. The minimum Gasteiger partial charge on any atom is -0.459 e.